The number of nitrogens with one attached hydrogen (secondary N) is 1. The summed E-state index contributed by atoms with van der Waals surface area (Å²) in [5.74, 6) is 0. The third-order valence-corrected chi connectivity index (χ3v) is 3.04. The van der Waals surface area contributed by atoms with E-state index in [2.05, 4.69) is 29.5 Å². The molecule has 1 fully saturated rings. The van der Waals surface area contributed by atoms with Crippen molar-refractivity contribution in [1.29, 1.82) is 0 Å². The molecule has 1 aliphatic heterocycles. The standard InChI is InChI=1S/C12H22N4O2/c1-3-5-16-10(8-14-15-16)12(13-4-2)11-9-17-6-7-18-11/h8,11-13H,3-7,9H2,1-2H3. The lowest BCUT2D eigenvalue weighted by Crippen LogP contribution is -2.41. The van der Waals surface area contributed by atoms with E-state index < -0.39 is 0 Å². The molecule has 0 bridgehead atoms. The molecular formula is C12H22N4O2. The molecule has 6 nitrogen and oxygen atoms in total. The number of aromatic nitrogens is 3. The molecule has 18 heavy (non-hydrogen) atoms. The zero-order valence-electron chi connectivity index (χ0n) is 11.1. The highest BCUT2D eigenvalue weighted by Crippen LogP contribution is 2.21. The van der Waals surface area contributed by atoms with Crippen LogP contribution in [-0.2, 0) is 16.0 Å². The van der Waals surface area contributed by atoms with Gasteiger partial charge in [0.25, 0.3) is 0 Å². The number of aryl methyl sites for hydroxylation is 1. The van der Waals surface area contributed by atoms with Gasteiger partial charge in [-0.25, -0.2) is 4.68 Å². The van der Waals surface area contributed by atoms with Gasteiger partial charge in [0.05, 0.1) is 37.8 Å². The average molecular weight is 254 g/mol. The van der Waals surface area contributed by atoms with Gasteiger partial charge in [-0.3, -0.25) is 0 Å². The third kappa shape index (κ3) is 3.07. The van der Waals surface area contributed by atoms with Gasteiger partial charge in [0.2, 0.25) is 0 Å². The number of rotatable bonds is 6. The monoisotopic (exact) mass is 254 g/mol. The van der Waals surface area contributed by atoms with Crippen LogP contribution in [0.2, 0.25) is 0 Å². The molecule has 1 saturated heterocycles. The van der Waals surface area contributed by atoms with E-state index in [0.29, 0.717) is 19.8 Å². The van der Waals surface area contributed by atoms with E-state index in [1.165, 1.54) is 0 Å². The fraction of sp³-hybridized carbons (Fsp3) is 0.833. The highest BCUT2D eigenvalue weighted by molar-refractivity contribution is 5.05. The molecular weight excluding hydrogens is 232 g/mol. The predicted octanol–water partition coefficient (Wildman–Crippen LogP) is 0.754. The summed E-state index contributed by atoms with van der Waals surface area (Å²) in [6, 6.07) is 0.0943. The van der Waals surface area contributed by atoms with E-state index in [4.69, 9.17) is 9.47 Å². The lowest BCUT2D eigenvalue weighted by molar-refractivity contribution is -0.103. The van der Waals surface area contributed by atoms with Gasteiger partial charge in [0.15, 0.2) is 0 Å². The van der Waals surface area contributed by atoms with Gasteiger partial charge in [0, 0.05) is 6.54 Å². The second-order valence-corrected chi connectivity index (χ2v) is 4.40. The molecule has 1 aliphatic rings. The lowest BCUT2D eigenvalue weighted by atomic mass is 10.1. The molecule has 2 rings (SSSR count). The summed E-state index contributed by atoms with van der Waals surface area (Å²) in [5.41, 5.74) is 1.08. The molecule has 2 unspecified atom stereocenters. The van der Waals surface area contributed by atoms with Gasteiger partial charge < -0.3 is 14.8 Å². The van der Waals surface area contributed by atoms with Crippen LogP contribution >= 0.6 is 0 Å². The van der Waals surface area contributed by atoms with Crippen molar-refractivity contribution in [3.63, 3.8) is 0 Å². The van der Waals surface area contributed by atoms with Gasteiger partial charge in [-0.15, -0.1) is 5.10 Å². The van der Waals surface area contributed by atoms with Crippen LogP contribution < -0.4 is 5.32 Å². The summed E-state index contributed by atoms with van der Waals surface area (Å²) in [6.07, 6.45) is 2.89. The summed E-state index contributed by atoms with van der Waals surface area (Å²) in [4.78, 5) is 0. The summed E-state index contributed by atoms with van der Waals surface area (Å²) >= 11 is 0. The summed E-state index contributed by atoms with van der Waals surface area (Å²) < 4.78 is 13.2. The molecule has 0 saturated carbocycles. The second-order valence-electron chi connectivity index (χ2n) is 4.40. The molecule has 2 atom stereocenters. The first-order chi connectivity index (χ1) is 8.86. The van der Waals surface area contributed by atoms with Crippen molar-refractivity contribution in [3.8, 4) is 0 Å². The van der Waals surface area contributed by atoms with Crippen molar-refractivity contribution in [2.45, 2.75) is 39.0 Å². The number of hydrogen-bond acceptors (Lipinski definition) is 5. The Morgan fingerprint density at radius 1 is 1.50 bits per heavy atom. The topological polar surface area (TPSA) is 61.2 Å². The molecule has 1 aromatic heterocycles. The van der Waals surface area contributed by atoms with E-state index in [0.717, 1.165) is 25.2 Å². The van der Waals surface area contributed by atoms with Crippen molar-refractivity contribution in [1.82, 2.24) is 20.3 Å². The average Bonchev–Trinajstić information content (AvgIpc) is 2.85. The third-order valence-electron chi connectivity index (χ3n) is 3.04. The molecule has 1 N–H and O–H groups in total. The fourth-order valence-electron chi connectivity index (χ4n) is 2.24. The minimum absolute atomic E-state index is 0.0350. The van der Waals surface area contributed by atoms with E-state index in [9.17, 15) is 0 Å². The quantitative estimate of drug-likeness (QED) is 0.812. The Morgan fingerprint density at radius 2 is 2.39 bits per heavy atom. The largest absolute Gasteiger partial charge is 0.376 e. The maximum atomic E-state index is 5.79. The van der Waals surface area contributed by atoms with Gasteiger partial charge >= 0.3 is 0 Å². The summed E-state index contributed by atoms with van der Waals surface area (Å²) in [6.45, 7) is 7.93. The van der Waals surface area contributed by atoms with Crippen LogP contribution in [0.5, 0.6) is 0 Å². The molecule has 0 amide bonds. The second kappa shape index (κ2) is 6.82. The lowest BCUT2D eigenvalue weighted by Gasteiger charge is -2.30. The van der Waals surface area contributed by atoms with Crippen LogP contribution in [0.25, 0.3) is 0 Å². The number of ether oxygens (including phenoxy) is 2. The SMILES string of the molecule is CCCn1nncc1C(NCC)C1COCCO1. The van der Waals surface area contributed by atoms with Crippen LogP contribution in [0.4, 0.5) is 0 Å². The van der Waals surface area contributed by atoms with Crippen molar-refractivity contribution in [2.75, 3.05) is 26.4 Å². The number of nitrogens with zero attached hydrogens (tertiary/aromatic N) is 3. The Labute approximate surface area is 108 Å². The molecule has 0 aliphatic carbocycles. The number of likely N-dealkylation sites (N-methyl/N-ethyl adjacent to an activating group) is 1. The molecule has 102 valence electrons. The predicted molar refractivity (Wildman–Crippen MR) is 67.3 cm³/mol. The van der Waals surface area contributed by atoms with Crippen molar-refractivity contribution in [2.24, 2.45) is 0 Å². The Balaban J connectivity index is 2.14. The van der Waals surface area contributed by atoms with Crippen LogP contribution in [0.3, 0.4) is 0 Å². The van der Waals surface area contributed by atoms with E-state index in [1.54, 1.807) is 0 Å². The first-order valence-electron chi connectivity index (χ1n) is 6.68. The zero-order valence-corrected chi connectivity index (χ0v) is 11.1. The molecule has 0 radical (unpaired) electrons. The summed E-state index contributed by atoms with van der Waals surface area (Å²) in [5, 5.41) is 11.6. The molecule has 6 heteroatoms. The number of hydrogen-bond donors (Lipinski definition) is 1. The Kier molecular flexibility index (Phi) is 5.10. The Morgan fingerprint density at radius 3 is 3.06 bits per heavy atom. The zero-order chi connectivity index (χ0) is 12.8. The molecule has 1 aromatic rings. The first-order valence-corrected chi connectivity index (χ1v) is 6.68. The van der Waals surface area contributed by atoms with Gasteiger partial charge in [-0.05, 0) is 13.0 Å². The molecule has 0 spiro atoms. The summed E-state index contributed by atoms with van der Waals surface area (Å²) in [7, 11) is 0. The smallest absolute Gasteiger partial charge is 0.102 e. The Bertz CT molecular complexity index is 350. The highest BCUT2D eigenvalue weighted by Gasteiger charge is 2.28. The highest BCUT2D eigenvalue weighted by atomic mass is 16.6. The fourth-order valence-corrected chi connectivity index (χ4v) is 2.24. The molecule has 2 heterocycles. The minimum Gasteiger partial charge on any atom is -0.376 e. The van der Waals surface area contributed by atoms with E-state index in [-0.39, 0.29) is 12.1 Å². The van der Waals surface area contributed by atoms with Crippen LogP contribution in [0.1, 0.15) is 32.0 Å². The van der Waals surface area contributed by atoms with Crippen LogP contribution in [-0.4, -0.2) is 47.5 Å². The minimum atomic E-state index is 0.0350. The van der Waals surface area contributed by atoms with E-state index >= 15 is 0 Å². The Hall–Kier alpha value is -0.980. The maximum Gasteiger partial charge on any atom is 0.102 e. The normalized spacial score (nSPS) is 22.0. The molecule has 0 aromatic carbocycles. The van der Waals surface area contributed by atoms with Gasteiger partial charge in [-0.1, -0.05) is 19.1 Å². The van der Waals surface area contributed by atoms with Gasteiger partial charge in [-0.2, -0.15) is 0 Å². The van der Waals surface area contributed by atoms with Crippen LogP contribution in [0.15, 0.2) is 6.20 Å². The van der Waals surface area contributed by atoms with Crippen molar-refractivity contribution >= 4 is 0 Å². The van der Waals surface area contributed by atoms with Crippen molar-refractivity contribution in [3.05, 3.63) is 11.9 Å². The van der Waals surface area contributed by atoms with Crippen molar-refractivity contribution < 1.29 is 9.47 Å². The maximum absolute atomic E-state index is 5.79. The van der Waals surface area contributed by atoms with Gasteiger partial charge in [0.1, 0.15) is 6.10 Å². The first kappa shape index (κ1) is 13.5. The van der Waals surface area contributed by atoms with Crippen LogP contribution in [0, 0.1) is 0 Å². The van der Waals surface area contributed by atoms with E-state index in [1.807, 2.05) is 10.9 Å².